The number of carbonyl (C=O) groups is 2. The molecule has 0 aliphatic heterocycles. The summed E-state index contributed by atoms with van der Waals surface area (Å²) in [4.78, 5) is 40.5. The number of aromatic amines is 1. The second-order valence-corrected chi connectivity index (χ2v) is 9.86. The molecule has 0 unspecified atom stereocenters. The topological polar surface area (TPSA) is 178 Å². The monoisotopic (exact) mass is 544 g/mol. The van der Waals surface area contributed by atoms with Gasteiger partial charge in [0.1, 0.15) is 12.0 Å². The molecule has 0 fully saturated rings. The van der Waals surface area contributed by atoms with Crippen LogP contribution < -0.4 is 26.2 Å². The molecule has 0 aliphatic rings. The van der Waals surface area contributed by atoms with Crippen molar-refractivity contribution in [2.45, 2.75) is 44.7 Å². The van der Waals surface area contributed by atoms with E-state index in [1.807, 2.05) is 4.72 Å². The lowest BCUT2D eigenvalue weighted by Crippen LogP contribution is -2.42. The van der Waals surface area contributed by atoms with Crippen LogP contribution in [-0.4, -0.2) is 44.1 Å². The average molecular weight is 545 g/mol. The van der Waals surface area contributed by atoms with E-state index in [1.54, 1.807) is 0 Å². The summed E-state index contributed by atoms with van der Waals surface area (Å²) in [5.74, 6) is -2.09. The van der Waals surface area contributed by atoms with E-state index in [2.05, 4.69) is 10.3 Å². The molecule has 15 heteroatoms. The van der Waals surface area contributed by atoms with Crippen molar-refractivity contribution in [3.05, 3.63) is 57.5 Å². The number of hydrogen-bond acceptors (Lipinski definition) is 6. The van der Waals surface area contributed by atoms with Gasteiger partial charge in [0.15, 0.2) is 5.96 Å². The van der Waals surface area contributed by atoms with E-state index in [0.717, 1.165) is 30.0 Å². The molecule has 2 rings (SSSR count). The number of nitrogens with one attached hydrogen (secondary N) is 4. The lowest BCUT2D eigenvalue weighted by Gasteiger charge is -2.29. The summed E-state index contributed by atoms with van der Waals surface area (Å²) < 4.78 is 67.8. The summed E-state index contributed by atoms with van der Waals surface area (Å²) in [6.45, 7) is 2.78. The minimum Gasteiger partial charge on any atom is -0.370 e. The van der Waals surface area contributed by atoms with Crippen molar-refractivity contribution in [1.29, 1.82) is 5.41 Å². The molecule has 0 saturated heterocycles. The summed E-state index contributed by atoms with van der Waals surface area (Å²) in [6, 6.07) is 4.25. The van der Waals surface area contributed by atoms with E-state index in [9.17, 15) is 36.0 Å². The van der Waals surface area contributed by atoms with Crippen molar-refractivity contribution in [1.82, 2.24) is 10.3 Å². The van der Waals surface area contributed by atoms with Gasteiger partial charge in [0.25, 0.3) is 5.56 Å². The van der Waals surface area contributed by atoms with Crippen LogP contribution in [0.3, 0.4) is 0 Å². The third-order valence-corrected chi connectivity index (χ3v) is 6.36. The van der Waals surface area contributed by atoms with Gasteiger partial charge >= 0.3 is 6.18 Å². The van der Waals surface area contributed by atoms with Gasteiger partial charge in [0.05, 0.1) is 23.0 Å². The molecule has 6 N–H and O–H groups in total. The fourth-order valence-electron chi connectivity index (χ4n) is 3.65. The number of halogens is 3. The number of benzene rings is 1. The Morgan fingerprint density at radius 1 is 1.30 bits per heavy atom. The SMILES string of the molecule is CC(=O)N(c1cc(C)[nH]c(=O)c1NS(=O)(=O)Cc1ccccc1C(F)(F)F)[C@H](C=O)CCCNC(=N)N. The number of nitrogens with zero attached hydrogens (tertiary/aromatic N) is 1. The maximum Gasteiger partial charge on any atom is 0.416 e. The van der Waals surface area contributed by atoms with Crippen LogP contribution in [0, 0.1) is 12.3 Å². The van der Waals surface area contributed by atoms with Gasteiger partial charge in [-0.05, 0) is 37.5 Å². The Bertz CT molecular complexity index is 1330. The van der Waals surface area contributed by atoms with Crippen LogP contribution in [0.5, 0.6) is 0 Å². The van der Waals surface area contributed by atoms with Crippen molar-refractivity contribution < 1.29 is 31.2 Å². The normalized spacial score (nSPS) is 12.5. The molecule has 0 radical (unpaired) electrons. The van der Waals surface area contributed by atoms with Gasteiger partial charge in [-0.15, -0.1) is 0 Å². The predicted molar refractivity (Wildman–Crippen MR) is 132 cm³/mol. The summed E-state index contributed by atoms with van der Waals surface area (Å²) in [5, 5.41) is 9.71. The quantitative estimate of drug-likeness (QED) is 0.124. The van der Waals surface area contributed by atoms with Crippen LogP contribution >= 0.6 is 0 Å². The molecule has 1 amide bonds. The van der Waals surface area contributed by atoms with E-state index >= 15 is 0 Å². The van der Waals surface area contributed by atoms with E-state index in [4.69, 9.17) is 11.1 Å². The first-order valence-electron chi connectivity index (χ1n) is 10.9. The maximum absolute atomic E-state index is 13.3. The zero-order chi connectivity index (χ0) is 28.0. The van der Waals surface area contributed by atoms with Crippen LogP contribution in [0.1, 0.15) is 36.6 Å². The summed E-state index contributed by atoms with van der Waals surface area (Å²) >= 11 is 0. The van der Waals surface area contributed by atoms with Crippen LogP contribution in [0.25, 0.3) is 0 Å². The molecule has 1 heterocycles. The first kappa shape index (κ1) is 29.4. The number of hydrogen-bond donors (Lipinski definition) is 5. The number of H-pyrrole nitrogens is 1. The summed E-state index contributed by atoms with van der Waals surface area (Å²) in [7, 11) is -4.59. The molecule has 1 aromatic heterocycles. The third kappa shape index (κ3) is 8.06. The van der Waals surface area contributed by atoms with E-state index < -0.39 is 56.3 Å². The highest BCUT2D eigenvalue weighted by Gasteiger charge is 2.34. The predicted octanol–water partition coefficient (Wildman–Crippen LogP) is 1.83. The van der Waals surface area contributed by atoms with E-state index in [-0.39, 0.29) is 36.7 Å². The van der Waals surface area contributed by atoms with Crippen molar-refractivity contribution >= 4 is 39.6 Å². The van der Waals surface area contributed by atoms with Crippen LogP contribution in [0.2, 0.25) is 0 Å². The molecule has 1 atom stereocenters. The van der Waals surface area contributed by atoms with Gasteiger partial charge in [-0.25, -0.2) is 8.42 Å². The minimum atomic E-state index is -4.81. The van der Waals surface area contributed by atoms with Crippen molar-refractivity contribution in [3.8, 4) is 0 Å². The maximum atomic E-state index is 13.3. The summed E-state index contributed by atoms with van der Waals surface area (Å²) in [6.07, 6.45) is -4.01. The molecule has 202 valence electrons. The largest absolute Gasteiger partial charge is 0.416 e. The molecule has 0 aliphatic carbocycles. The first-order chi connectivity index (χ1) is 17.2. The van der Waals surface area contributed by atoms with Gasteiger partial charge in [-0.1, -0.05) is 18.2 Å². The van der Waals surface area contributed by atoms with Gasteiger partial charge in [0.2, 0.25) is 15.9 Å². The van der Waals surface area contributed by atoms with Gasteiger partial charge in [0, 0.05) is 19.2 Å². The van der Waals surface area contributed by atoms with Crippen molar-refractivity contribution in [2.24, 2.45) is 5.73 Å². The molecule has 1 aromatic carbocycles. The third-order valence-electron chi connectivity index (χ3n) is 5.15. The number of anilines is 2. The highest BCUT2D eigenvalue weighted by molar-refractivity contribution is 7.91. The summed E-state index contributed by atoms with van der Waals surface area (Å²) in [5.41, 5.74) is 1.93. The fraction of sp³-hybridized carbons (Fsp3) is 0.364. The lowest BCUT2D eigenvalue weighted by molar-refractivity contribution is -0.138. The Labute approximate surface area is 210 Å². The van der Waals surface area contributed by atoms with Gasteiger partial charge in [-0.3, -0.25) is 19.7 Å². The number of aryl methyl sites for hydroxylation is 1. The van der Waals surface area contributed by atoms with Crippen LogP contribution in [-0.2, 0) is 31.5 Å². The van der Waals surface area contributed by atoms with Gasteiger partial charge in [-0.2, -0.15) is 13.2 Å². The smallest absolute Gasteiger partial charge is 0.370 e. The van der Waals surface area contributed by atoms with Crippen LogP contribution in [0.15, 0.2) is 35.1 Å². The Kier molecular flexibility index (Phi) is 9.44. The molecule has 37 heavy (non-hydrogen) atoms. The zero-order valence-corrected chi connectivity index (χ0v) is 20.8. The van der Waals surface area contributed by atoms with Crippen molar-refractivity contribution in [3.63, 3.8) is 0 Å². The number of aromatic nitrogens is 1. The number of sulfonamides is 1. The Hall–Kier alpha value is -3.88. The Balaban J connectivity index is 2.48. The Morgan fingerprint density at radius 2 is 1.95 bits per heavy atom. The standard InChI is InChI=1S/C22H27F3N6O5S/c1-13-10-18(31(14(2)33)16(11-32)7-5-9-28-21(26)27)19(20(34)29-13)30-37(35,36)12-15-6-3-4-8-17(15)22(23,24)25/h3-4,6,8,10-11,16,30H,5,7,9,12H2,1-2H3,(H,29,34)(H4,26,27,28)/t16-/m0/s1. The van der Waals surface area contributed by atoms with Crippen molar-refractivity contribution in [2.75, 3.05) is 16.2 Å². The van der Waals surface area contributed by atoms with E-state index in [0.29, 0.717) is 6.29 Å². The number of nitrogens with two attached hydrogens (primary N) is 1. The fourth-order valence-corrected chi connectivity index (χ4v) is 4.89. The minimum absolute atomic E-state index is 0.0698. The number of carbonyl (C=O) groups excluding carboxylic acids is 2. The van der Waals surface area contributed by atoms with E-state index in [1.165, 1.54) is 19.1 Å². The molecule has 0 bridgehead atoms. The molecule has 0 saturated carbocycles. The van der Waals surface area contributed by atoms with Gasteiger partial charge < -0.3 is 25.7 Å². The highest BCUT2D eigenvalue weighted by Crippen LogP contribution is 2.33. The number of amides is 1. The molecule has 2 aromatic rings. The number of alkyl halides is 3. The first-order valence-corrected chi connectivity index (χ1v) is 12.5. The second kappa shape index (κ2) is 11.9. The molecular weight excluding hydrogens is 517 g/mol. The van der Waals surface area contributed by atoms with Crippen LogP contribution in [0.4, 0.5) is 24.5 Å². The second-order valence-electron chi connectivity index (χ2n) is 8.13. The molecular formula is C22H27F3N6O5S. The highest BCUT2D eigenvalue weighted by atomic mass is 32.2. The lowest BCUT2D eigenvalue weighted by atomic mass is 10.1. The number of aldehydes is 1. The number of guanidine groups is 1. The Morgan fingerprint density at radius 3 is 2.51 bits per heavy atom. The average Bonchev–Trinajstić information content (AvgIpc) is 2.76. The molecule has 0 spiro atoms. The number of rotatable bonds is 11. The molecule has 11 nitrogen and oxygen atoms in total. The zero-order valence-electron chi connectivity index (χ0n) is 20.0. The number of pyridine rings is 1.